The Kier molecular flexibility index (Phi) is 9.11. The first-order chi connectivity index (χ1) is 16.8. The molecule has 0 saturated carbocycles. The topological polar surface area (TPSA) is 89.0 Å². The van der Waals surface area contributed by atoms with E-state index in [2.05, 4.69) is 15.8 Å². The van der Waals surface area contributed by atoms with Crippen LogP contribution < -0.4 is 20.2 Å². The lowest BCUT2D eigenvalue weighted by Crippen LogP contribution is -2.21. The Morgan fingerprint density at radius 3 is 2.46 bits per heavy atom. The van der Waals surface area contributed by atoms with Crippen LogP contribution in [0.4, 0.5) is 5.69 Å². The number of ether oxygens (including phenoxy) is 2. The van der Waals surface area contributed by atoms with Crippen LogP contribution in [-0.2, 0) is 4.79 Å². The zero-order chi connectivity index (χ0) is 25.4. The molecule has 7 nitrogen and oxygen atoms in total. The Balaban J connectivity index is 1.67. The Morgan fingerprint density at radius 1 is 1.00 bits per heavy atom. The molecule has 182 valence electrons. The summed E-state index contributed by atoms with van der Waals surface area (Å²) in [5.41, 5.74) is 6.14. The molecule has 0 aliphatic heterocycles. The van der Waals surface area contributed by atoms with E-state index in [0.717, 1.165) is 16.8 Å². The third-order valence-corrected chi connectivity index (χ3v) is 5.37. The summed E-state index contributed by atoms with van der Waals surface area (Å²) in [5, 5.41) is 7.59. The van der Waals surface area contributed by atoms with Gasteiger partial charge in [-0.2, -0.15) is 5.10 Å². The van der Waals surface area contributed by atoms with Crippen LogP contribution in [0.15, 0.2) is 59.7 Å². The van der Waals surface area contributed by atoms with E-state index in [0.29, 0.717) is 28.5 Å². The number of hydrogen-bond donors (Lipinski definition) is 2. The molecular weight excluding hydrogens is 489 g/mol. The van der Waals surface area contributed by atoms with Crippen molar-refractivity contribution in [1.82, 2.24) is 5.43 Å². The molecule has 0 fully saturated rings. The molecular formula is C26H25Cl2N3O4. The summed E-state index contributed by atoms with van der Waals surface area (Å²) in [6.45, 7) is 5.79. The molecule has 3 rings (SSSR count). The van der Waals surface area contributed by atoms with Gasteiger partial charge >= 0.3 is 0 Å². The van der Waals surface area contributed by atoms with Gasteiger partial charge in [-0.05, 0) is 79.9 Å². The maximum atomic E-state index is 12.4. The monoisotopic (exact) mass is 513 g/mol. The molecule has 0 bridgehead atoms. The Morgan fingerprint density at radius 2 is 1.74 bits per heavy atom. The maximum absolute atomic E-state index is 12.4. The molecule has 0 heterocycles. The number of anilines is 1. The molecule has 0 unspecified atom stereocenters. The fourth-order valence-corrected chi connectivity index (χ4v) is 3.49. The van der Waals surface area contributed by atoms with Crippen molar-refractivity contribution in [2.45, 2.75) is 20.8 Å². The number of carbonyl (C=O) groups is 2. The summed E-state index contributed by atoms with van der Waals surface area (Å²) < 4.78 is 11.3. The molecule has 0 aliphatic carbocycles. The van der Waals surface area contributed by atoms with Gasteiger partial charge in [0.05, 0.1) is 17.8 Å². The SMILES string of the molecule is CCOc1cc(/C=N/NC(=O)c2ccc(Cl)cc2)cc(Cl)c1OCC(=O)Nc1cc(C)ccc1C. The van der Waals surface area contributed by atoms with E-state index in [9.17, 15) is 9.59 Å². The van der Waals surface area contributed by atoms with Crippen LogP contribution in [0.5, 0.6) is 11.5 Å². The number of hydrazone groups is 1. The lowest BCUT2D eigenvalue weighted by molar-refractivity contribution is -0.118. The van der Waals surface area contributed by atoms with Crippen molar-refractivity contribution in [3.63, 3.8) is 0 Å². The lowest BCUT2D eigenvalue weighted by atomic mass is 10.1. The number of nitrogens with zero attached hydrogens (tertiary/aromatic N) is 1. The highest BCUT2D eigenvalue weighted by Crippen LogP contribution is 2.36. The number of amides is 2. The zero-order valence-corrected chi connectivity index (χ0v) is 21.0. The molecule has 2 amide bonds. The van der Waals surface area contributed by atoms with Gasteiger partial charge in [-0.15, -0.1) is 0 Å². The Labute approximate surface area is 214 Å². The molecule has 0 spiro atoms. The van der Waals surface area contributed by atoms with Gasteiger partial charge in [-0.3, -0.25) is 9.59 Å². The largest absolute Gasteiger partial charge is 0.490 e. The fourth-order valence-electron chi connectivity index (χ4n) is 3.09. The molecule has 0 atom stereocenters. The van der Waals surface area contributed by atoms with Crippen LogP contribution >= 0.6 is 23.2 Å². The summed E-state index contributed by atoms with van der Waals surface area (Å²) in [5.74, 6) is -0.117. The number of nitrogens with one attached hydrogen (secondary N) is 2. The predicted molar refractivity (Wildman–Crippen MR) is 139 cm³/mol. The summed E-state index contributed by atoms with van der Waals surface area (Å²) in [4.78, 5) is 24.6. The number of aryl methyl sites for hydroxylation is 2. The van der Waals surface area contributed by atoms with E-state index >= 15 is 0 Å². The normalized spacial score (nSPS) is 10.8. The average molecular weight is 514 g/mol. The zero-order valence-electron chi connectivity index (χ0n) is 19.5. The predicted octanol–water partition coefficient (Wildman–Crippen LogP) is 5.79. The third kappa shape index (κ3) is 7.47. The smallest absolute Gasteiger partial charge is 0.271 e. The van der Waals surface area contributed by atoms with Gasteiger partial charge in [0.15, 0.2) is 18.1 Å². The van der Waals surface area contributed by atoms with Gasteiger partial charge in [0.25, 0.3) is 11.8 Å². The van der Waals surface area contributed by atoms with E-state index in [1.807, 2.05) is 39.0 Å². The van der Waals surface area contributed by atoms with E-state index in [4.69, 9.17) is 32.7 Å². The van der Waals surface area contributed by atoms with Crippen LogP contribution in [-0.4, -0.2) is 31.2 Å². The number of hydrogen-bond acceptors (Lipinski definition) is 5. The first-order valence-electron chi connectivity index (χ1n) is 10.8. The second-order valence-electron chi connectivity index (χ2n) is 7.62. The van der Waals surface area contributed by atoms with Gasteiger partial charge in [0, 0.05) is 16.3 Å². The third-order valence-electron chi connectivity index (χ3n) is 4.83. The van der Waals surface area contributed by atoms with Gasteiger partial charge in [0.1, 0.15) is 0 Å². The van der Waals surface area contributed by atoms with Crippen molar-refractivity contribution in [1.29, 1.82) is 0 Å². The molecule has 0 radical (unpaired) electrons. The van der Waals surface area contributed by atoms with E-state index < -0.39 is 0 Å². The molecule has 0 aromatic heterocycles. The quantitative estimate of drug-likeness (QED) is 0.280. The minimum absolute atomic E-state index is 0.237. The van der Waals surface area contributed by atoms with Crippen LogP contribution in [0.25, 0.3) is 0 Å². The van der Waals surface area contributed by atoms with Gasteiger partial charge in [0.2, 0.25) is 0 Å². The van der Waals surface area contributed by atoms with Gasteiger partial charge in [-0.25, -0.2) is 5.43 Å². The van der Waals surface area contributed by atoms with Crippen LogP contribution in [0.1, 0.15) is 34.0 Å². The number of benzene rings is 3. The minimum atomic E-state index is -0.385. The van der Waals surface area contributed by atoms with Crippen molar-refractivity contribution in [3.05, 3.63) is 86.9 Å². The standard InChI is InChI=1S/C26H25Cl2N3O4/c1-4-34-23-13-18(14-29-31-26(33)19-7-9-20(27)10-8-19)12-21(28)25(23)35-15-24(32)30-22-11-16(2)5-6-17(22)3/h5-14H,4,15H2,1-3H3,(H,30,32)(H,31,33)/b29-14+. The highest BCUT2D eigenvalue weighted by molar-refractivity contribution is 6.32. The number of rotatable bonds is 9. The number of carbonyl (C=O) groups excluding carboxylic acids is 2. The molecule has 9 heteroatoms. The fraction of sp³-hybridized carbons (Fsp3) is 0.192. The summed E-state index contributed by atoms with van der Waals surface area (Å²) in [7, 11) is 0. The highest BCUT2D eigenvalue weighted by atomic mass is 35.5. The van der Waals surface area contributed by atoms with Crippen molar-refractivity contribution in [2.75, 3.05) is 18.5 Å². The summed E-state index contributed by atoms with van der Waals surface area (Å²) >= 11 is 12.3. The van der Waals surface area contributed by atoms with Gasteiger partial charge in [-0.1, -0.05) is 35.3 Å². The number of halogens is 2. The lowest BCUT2D eigenvalue weighted by Gasteiger charge is -2.15. The van der Waals surface area contributed by atoms with Crippen molar-refractivity contribution >= 4 is 46.9 Å². The van der Waals surface area contributed by atoms with E-state index in [-0.39, 0.29) is 29.2 Å². The molecule has 0 aliphatic rings. The highest BCUT2D eigenvalue weighted by Gasteiger charge is 2.15. The minimum Gasteiger partial charge on any atom is -0.490 e. The van der Waals surface area contributed by atoms with Crippen molar-refractivity contribution in [2.24, 2.45) is 5.10 Å². The second kappa shape index (κ2) is 12.2. The summed E-state index contributed by atoms with van der Waals surface area (Å²) in [6.07, 6.45) is 1.43. The van der Waals surface area contributed by atoms with Crippen LogP contribution in [0.2, 0.25) is 10.0 Å². The Bertz CT molecular complexity index is 1240. The molecule has 3 aromatic rings. The van der Waals surface area contributed by atoms with Crippen LogP contribution in [0.3, 0.4) is 0 Å². The van der Waals surface area contributed by atoms with E-state index in [1.165, 1.54) is 6.21 Å². The molecule has 2 N–H and O–H groups in total. The second-order valence-corrected chi connectivity index (χ2v) is 8.47. The van der Waals surface area contributed by atoms with Crippen molar-refractivity contribution < 1.29 is 19.1 Å². The summed E-state index contributed by atoms with van der Waals surface area (Å²) in [6, 6.07) is 15.5. The van der Waals surface area contributed by atoms with Crippen LogP contribution in [0, 0.1) is 13.8 Å². The Hall–Kier alpha value is -3.55. The van der Waals surface area contributed by atoms with Crippen molar-refractivity contribution in [3.8, 4) is 11.5 Å². The molecule has 35 heavy (non-hydrogen) atoms. The molecule has 0 saturated heterocycles. The van der Waals surface area contributed by atoms with E-state index in [1.54, 1.807) is 36.4 Å². The van der Waals surface area contributed by atoms with Gasteiger partial charge < -0.3 is 14.8 Å². The first-order valence-corrected chi connectivity index (χ1v) is 11.6. The first kappa shape index (κ1) is 26.1. The molecule has 3 aromatic carbocycles. The maximum Gasteiger partial charge on any atom is 0.271 e. The average Bonchev–Trinajstić information content (AvgIpc) is 2.81.